The minimum absolute atomic E-state index is 0.106. The number of non-ortho nitro benzene ring substituents is 1. The molecule has 0 bridgehead atoms. The number of hydrogen-bond donors (Lipinski definition) is 1. The Kier molecular flexibility index (Phi) is 3.90. The highest BCUT2D eigenvalue weighted by Crippen LogP contribution is 2.27. The molecular weight excluding hydrogens is 265 g/mol. The lowest BCUT2D eigenvalue weighted by molar-refractivity contribution is -0.385. The summed E-state index contributed by atoms with van der Waals surface area (Å²) in [6.45, 7) is 1.79. The molecule has 0 aliphatic rings. The van der Waals surface area contributed by atoms with Crippen LogP contribution in [0.2, 0.25) is 0 Å². The van der Waals surface area contributed by atoms with Crippen LogP contribution in [0.1, 0.15) is 18.7 Å². The lowest BCUT2D eigenvalue weighted by atomic mass is 10.2. The highest BCUT2D eigenvalue weighted by Gasteiger charge is 2.12. The van der Waals surface area contributed by atoms with Gasteiger partial charge in [0.2, 0.25) is 0 Å². The standard InChI is InChI=1S/C13H12FN3O3/c1-8(15)12-4-3-10(7-16-12)20-13-5-2-9(17(18)19)6-11(13)14/h2-8H,15H2,1H3. The molecule has 2 aromatic rings. The van der Waals surface area contributed by atoms with Crippen molar-refractivity contribution in [2.45, 2.75) is 13.0 Å². The van der Waals surface area contributed by atoms with Crippen molar-refractivity contribution in [2.24, 2.45) is 5.73 Å². The van der Waals surface area contributed by atoms with Crippen LogP contribution in [0.5, 0.6) is 11.5 Å². The monoisotopic (exact) mass is 277 g/mol. The molecule has 104 valence electrons. The number of ether oxygens (including phenoxy) is 1. The van der Waals surface area contributed by atoms with Crippen LogP contribution in [0.4, 0.5) is 10.1 Å². The maximum absolute atomic E-state index is 13.6. The zero-order valence-electron chi connectivity index (χ0n) is 10.6. The number of nitrogens with zero attached hydrogens (tertiary/aromatic N) is 2. The fraction of sp³-hybridized carbons (Fsp3) is 0.154. The first-order valence-corrected chi connectivity index (χ1v) is 5.80. The van der Waals surface area contributed by atoms with Crippen molar-refractivity contribution in [3.8, 4) is 11.5 Å². The summed E-state index contributed by atoms with van der Waals surface area (Å²) in [5.74, 6) is -0.594. The smallest absolute Gasteiger partial charge is 0.272 e. The summed E-state index contributed by atoms with van der Waals surface area (Å²) in [6, 6.07) is 6.24. The van der Waals surface area contributed by atoms with Gasteiger partial charge < -0.3 is 10.5 Å². The van der Waals surface area contributed by atoms with Crippen molar-refractivity contribution in [1.29, 1.82) is 0 Å². The Morgan fingerprint density at radius 3 is 2.65 bits per heavy atom. The molecule has 1 aromatic heterocycles. The van der Waals surface area contributed by atoms with Crippen molar-refractivity contribution in [3.05, 3.63) is 58.2 Å². The van der Waals surface area contributed by atoms with Gasteiger partial charge in [0.1, 0.15) is 5.75 Å². The van der Waals surface area contributed by atoms with Gasteiger partial charge in [-0.15, -0.1) is 0 Å². The second-order valence-corrected chi connectivity index (χ2v) is 4.18. The molecule has 0 fully saturated rings. The van der Waals surface area contributed by atoms with Gasteiger partial charge in [-0.1, -0.05) is 0 Å². The molecule has 0 aliphatic carbocycles. The second-order valence-electron chi connectivity index (χ2n) is 4.18. The highest BCUT2D eigenvalue weighted by molar-refractivity contribution is 5.39. The predicted octanol–water partition coefficient (Wildman–Crippen LogP) is 2.94. The number of rotatable bonds is 4. The van der Waals surface area contributed by atoms with Crippen LogP contribution < -0.4 is 10.5 Å². The molecule has 1 atom stereocenters. The average molecular weight is 277 g/mol. The van der Waals surface area contributed by atoms with E-state index in [0.717, 1.165) is 6.07 Å². The predicted molar refractivity (Wildman–Crippen MR) is 70.0 cm³/mol. The third-order valence-corrected chi connectivity index (χ3v) is 2.58. The molecule has 0 saturated carbocycles. The quantitative estimate of drug-likeness (QED) is 0.685. The zero-order chi connectivity index (χ0) is 14.7. The van der Waals surface area contributed by atoms with E-state index in [0.29, 0.717) is 11.4 Å². The van der Waals surface area contributed by atoms with Crippen LogP contribution in [-0.2, 0) is 0 Å². The molecule has 0 spiro atoms. The number of nitro benzene ring substituents is 1. The Bertz CT molecular complexity index is 629. The summed E-state index contributed by atoms with van der Waals surface area (Å²) >= 11 is 0. The molecule has 0 radical (unpaired) electrons. The number of halogens is 1. The topological polar surface area (TPSA) is 91.3 Å². The molecule has 0 saturated heterocycles. The number of benzene rings is 1. The maximum atomic E-state index is 13.6. The van der Waals surface area contributed by atoms with Crippen LogP contribution in [0.25, 0.3) is 0 Å². The van der Waals surface area contributed by atoms with Crippen LogP contribution >= 0.6 is 0 Å². The van der Waals surface area contributed by atoms with Gasteiger partial charge in [-0.25, -0.2) is 4.39 Å². The van der Waals surface area contributed by atoms with E-state index in [9.17, 15) is 14.5 Å². The van der Waals surface area contributed by atoms with E-state index in [4.69, 9.17) is 10.5 Å². The van der Waals surface area contributed by atoms with E-state index >= 15 is 0 Å². The number of nitro groups is 1. The van der Waals surface area contributed by atoms with Crippen LogP contribution in [0.3, 0.4) is 0 Å². The summed E-state index contributed by atoms with van der Waals surface area (Å²) in [5, 5.41) is 10.5. The van der Waals surface area contributed by atoms with Crippen molar-refractivity contribution < 1.29 is 14.1 Å². The minimum Gasteiger partial charge on any atom is -0.453 e. The van der Waals surface area contributed by atoms with Crippen LogP contribution in [0, 0.1) is 15.9 Å². The average Bonchev–Trinajstić information content (AvgIpc) is 2.41. The van der Waals surface area contributed by atoms with Gasteiger partial charge in [-0.05, 0) is 25.1 Å². The maximum Gasteiger partial charge on any atom is 0.272 e. The Balaban J connectivity index is 2.19. The van der Waals surface area contributed by atoms with Gasteiger partial charge in [-0.2, -0.15) is 0 Å². The number of aromatic nitrogens is 1. The highest BCUT2D eigenvalue weighted by atomic mass is 19.1. The van der Waals surface area contributed by atoms with E-state index in [-0.39, 0.29) is 17.5 Å². The van der Waals surface area contributed by atoms with E-state index in [2.05, 4.69) is 4.98 Å². The number of nitrogens with two attached hydrogens (primary N) is 1. The normalized spacial score (nSPS) is 11.9. The van der Waals surface area contributed by atoms with Crippen molar-refractivity contribution in [1.82, 2.24) is 4.98 Å². The molecule has 0 aliphatic heterocycles. The largest absolute Gasteiger partial charge is 0.453 e. The summed E-state index contributed by atoms with van der Waals surface area (Å²) < 4.78 is 18.9. The summed E-state index contributed by atoms with van der Waals surface area (Å²) in [7, 11) is 0. The van der Waals surface area contributed by atoms with Crippen LogP contribution in [-0.4, -0.2) is 9.91 Å². The first-order valence-electron chi connectivity index (χ1n) is 5.80. The van der Waals surface area contributed by atoms with Gasteiger partial charge in [0.25, 0.3) is 5.69 Å². The Morgan fingerprint density at radius 2 is 2.15 bits per heavy atom. The van der Waals surface area contributed by atoms with Crippen molar-refractivity contribution >= 4 is 5.69 Å². The first-order chi connectivity index (χ1) is 9.47. The molecule has 1 heterocycles. The SMILES string of the molecule is CC(N)c1ccc(Oc2ccc([N+](=O)[O-])cc2F)cn1. The molecule has 7 heteroatoms. The van der Waals surface area contributed by atoms with Crippen molar-refractivity contribution in [3.63, 3.8) is 0 Å². The van der Waals surface area contributed by atoms with Gasteiger partial charge in [0, 0.05) is 12.1 Å². The molecule has 6 nitrogen and oxygen atoms in total. The number of pyridine rings is 1. The van der Waals surface area contributed by atoms with Gasteiger partial charge in [0.15, 0.2) is 11.6 Å². The van der Waals surface area contributed by atoms with Crippen LogP contribution in [0.15, 0.2) is 36.5 Å². The fourth-order valence-electron chi connectivity index (χ4n) is 1.53. The van der Waals surface area contributed by atoms with Gasteiger partial charge >= 0.3 is 0 Å². The molecule has 1 aromatic carbocycles. The van der Waals surface area contributed by atoms with E-state index in [1.807, 2.05) is 0 Å². The lowest BCUT2D eigenvalue weighted by Crippen LogP contribution is -2.06. The molecule has 1 unspecified atom stereocenters. The van der Waals surface area contributed by atoms with E-state index < -0.39 is 10.7 Å². The third kappa shape index (κ3) is 3.07. The molecular formula is C13H12FN3O3. The summed E-state index contributed by atoms with van der Waals surface area (Å²) in [6.07, 6.45) is 1.42. The van der Waals surface area contributed by atoms with E-state index in [1.165, 1.54) is 18.3 Å². The van der Waals surface area contributed by atoms with Gasteiger partial charge in [-0.3, -0.25) is 15.1 Å². The zero-order valence-corrected chi connectivity index (χ0v) is 10.6. The Hall–Kier alpha value is -2.54. The lowest BCUT2D eigenvalue weighted by Gasteiger charge is -2.08. The summed E-state index contributed by atoms with van der Waals surface area (Å²) in [5.41, 5.74) is 6.01. The first kappa shape index (κ1) is 13.9. The third-order valence-electron chi connectivity index (χ3n) is 2.58. The van der Waals surface area contributed by atoms with Crippen molar-refractivity contribution in [2.75, 3.05) is 0 Å². The Morgan fingerprint density at radius 1 is 1.40 bits per heavy atom. The molecule has 2 N–H and O–H groups in total. The second kappa shape index (κ2) is 5.62. The minimum atomic E-state index is -0.810. The number of hydrogen-bond acceptors (Lipinski definition) is 5. The van der Waals surface area contributed by atoms with E-state index in [1.54, 1.807) is 19.1 Å². The summed E-state index contributed by atoms with van der Waals surface area (Å²) in [4.78, 5) is 13.9. The van der Waals surface area contributed by atoms with Gasteiger partial charge in [0.05, 0.1) is 22.9 Å². The molecule has 0 amide bonds. The molecule has 20 heavy (non-hydrogen) atoms. The molecule has 2 rings (SSSR count). The fourth-order valence-corrected chi connectivity index (χ4v) is 1.53. The Labute approximate surface area is 114 Å².